The molecule has 2 heterocycles. The Morgan fingerprint density at radius 2 is 2.14 bits per heavy atom. The monoisotopic (exact) mass is 399 g/mol. The van der Waals surface area contributed by atoms with Gasteiger partial charge in [-0.3, -0.25) is 4.79 Å². The van der Waals surface area contributed by atoms with Gasteiger partial charge < -0.3 is 24.3 Å². The van der Waals surface area contributed by atoms with Gasteiger partial charge in [-0.15, -0.1) is 0 Å². The molecule has 2 aromatic rings. The number of ether oxygens (including phenoxy) is 2. The molecular weight excluding hydrogens is 370 g/mol. The van der Waals surface area contributed by atoms with Crippen molar-refractivity contribution in [1.82, 2.24) is 5.32 Å². The fourth-order valence-corrected chi connectivity index (χ4v) is 4.02. The number of hydrogen-bond acceptors (Lipinski definition) is 5. The number of para-hydroxylation sites is 1. The topological polar surface area (TPSA) is 80.9 Å². The van der Waals surface area contributed by atoms with E-state index >= 15 is 0 Å². The van der Waals surface area contributed by atoms with Gasteiger partial charge in [0.05, 0.1) is 6.26 Å². The fourth-order valence-electron chi connectivity index (χ4n) is 4.02. The maximum Gasteiger partial charge on any atom is 0.286 e. The fraction of sp³-hybridized carbons (Fsp3) is 0.522. The van der Waals surface area contributed by atoms with Crippen LogP contribution >= 0.6 is 0 Å². The third kappa shape index (κ3) is 4.49. The van der Waals surface area contributed by atoms with Gasteiger partial charge in [0.1, 0.15) is 5.58 Å². The Bertz CT molecular complexity index is 869. The molecule has 0 bridgehead atoms. The van der Waals surface area contributed by atoms with Crippen LogP contribution in [-0.4, -0.2) is 37.1 Å². The van der Waals surface area contributed by atoms with Crippen LogP contribution in [0.3, 0.4) is 0 Å². The van der Waals surface area contributed by atoms with Gasteiger partial charge in [0, 0.05) is 42.5 Å². The van der Waals surface area contributed by atoms with E-state index in [2.05, 4.69) is 5.32 Å². The Labute approximate surface area is 170 Å². The second-order valence-electron chi connectivity index (χ2n) is 7.87. The van der Waals surface area contributed by atoms with Crippen molar-refractivity contribution in [2.24, 2.45) is 11.8 Å². The normalized spacial score (nSPS) is 24.2. The smallest absolute Gasteiger partial charge is 0.286 e. The molecule has 3 atom stereocenters. The van der Waals surface area contributed by atoms with Crippen LogP contribution in [0, 0.1) is 11.8 Å². The van der Waals surface area contributed by atoms with Crippen molar-refractivity contribution in [2.75, 3.05) is 19.8 Å². The molecule has 0 saturated heterocycles. The molecule has 1 saturated carbocycles. The number of amides is 1. The first-order valence-electron chi connectivity index (χ1n) is 10.6. The molecule has 1 aliphatic carbocycles. The van der Waals surface area contributed by atoms with E-state index in [-0.39, 0.29) is 24.3 Å². The van der Waals surface area contributed by atoms with Crippen molar-refractivity contribution in [3.63, 3.8) is 0 Å². The minimum absolute atomic E-state index is 0.0249. The average Bonchev–Trinajstić information content (AvgIpc) is 3.48. The van der Waals surface area contributed by atoms with E-state index in [1.165, 1.54) is 12.8 Å². The van der Waals surface area contributed by atoms with Gasteiger partial charge in [-0.05, 0) is 50.7 Å². The number of allylic oxidation sites excluding steroid dienone is 1. The highest BCUT2D eigenvalue weighted by Gasteiger charge is 2.39. The number of carbonyl (C=O) groups excluding carboxylic acids is 1. The van der Waals surface area contributed by atoms with Crippen molar-refractivity contribution >= 4 is 16.9 Å². The first-order chi connectivity index (χ1) is 14.2. The largest absolute Gasteiger partial charge is 0.464 e. The van der Waals surface area contributed by atoms with E-state index < -0.39 is 6.29 Å². The van der Waals surface area contributed by atoms with Gasteiger partial charge in [-0.1, -0.05) is 18.2 Å². The first kappa shape index (κ1) is 20.0. The molecule has 0 radical (unpaired) electrons. The number of benzene rings is 1. The number of hydrogen-bond donors (Lipinski definition) is 2. The van der Waals surface area contributed by atoms with Crippen LogP contribution in [0.1, 0.15) is 44.1 Å². The molecule has 6 heteroatoms. The van der Waals surface area contributed by atoms with Crippen molar-refractivity contribution in [2.45, 2.75) is 44.8 Å². The second-order valence-corrected chi connectivity index (χ2v) is 7.87. The minimum atomic E-state index is -0.545. The molecule has 1 amide bonds. The molecular formula is C23H29NO5. The highest BCUT2D eigenvalue weighted by atomic mass is 16.7. The molecule has 6 nitrogen and oxygen atoms in total. The number of carbonyl (C=O) groups is 1. The van der Waals surface area contributed by atoms with Gasteiger partial charge in [0.15, 0.2) is 5.76 Å². The number of fused-ring (bicyclic) bond motifs is 1. The van der Waals surface area contributed by atoms with Gasteiger partial charge in [0.2, 0.25) is 6.29 Å². The molecule has 29 heavy (non-hydrogen) atoms. The highest BCUT2D eigenvalue weighted by Crippen LogP contribution is 2.42. The predicted octanol–water partition coefficient (Wildman–Crippen LogP) is 3.71. The van der Waals surface area contributed by atoms with Crippen LogP contribution in [0.4, 0.5) is 0 Å². The zero-order valence-electron chi connectivity index (χ0n) is 16.8. The van der Waals surface area contributed by atoms with Gasteiger partial charge >= 0.3 is 0 Å². The third-order valence-corrected chi connectivity index (χ3v) is 5.75. The summed E-state index contributed by atoms with van der Waals surface area (Å²) in [6.45, 7) is 3.19. The summed E-state index contributed by atoms with van der Waals surface area (Å²) in [6.07, 6.45) is 6.84. The lowest BCUT2D eigenvalue weighted by Crippen LogP contribution is -2.39. The first-order valence-corrected chi connectivity index (χ1v) is 10.6. The van der Waals surface area contributed by atoms with Crippen LogP contribution < -0.4 is 5.32 Å². The summed E-state index contributed by atoms with van der Waals surface area (Å²) in [5, 5.41) is 13.4. The Kier molecular flexibility index (Phi) is 6.21. The van der Waals surface area contributed by atoms with Crippen LogP contribution in [0.2, 0.25) is 0 Å². The lowest BCUT2D eigenvalue weighted by molar-refractivity contribution is -0.166. The molecule has 1 aromatic carbocycles. The Morgan fingerprint density at radius 1 is 1.31 bits per heavy atom. The summed E-state index contributed by atoms with van der Waals surface area (Å²) in [7, 11) is 0. The van der Waals surface area contributed by atoms with Crippen LogP contribution in [-0.2, 0) is 14.3 Å². The van der Waals surface area contributed by atoms with E-state index in [1.807, 2.05) is 37.3 Å². The minimum Gasteiger partial charge on any atom is -0.464 e. The number of nitrogens with one attached hydrogen (secondary N) is 1. The van der Waals surface area contributed by atoms with Gasteiger partial charge in [-0.25, -0.2) is 0 Å². The molecule has 156 valence electrons. The highest BCUT2D eigenvalue weighted by molar-refractivity contribution is 5.92. The lowest BCUT2D eigenvalue weighted by atomic mass is 9.80. The van der Waals surface area contributed by atoms with E-state index in [4.69, 9.17) is 13.9 Å². The lowest BCUT2D eigenvalue weighted by Gasteiger charge is -2.36. The van der Waals surface area contributed by atoms with Crippen molar-refractivity contribution in [3.8, 4) is 0 Å². The van der Waals surface area contributed by atoms with Gasteiger partial charge in [-0.2, -0.15) is 0 Å². The van der Waals surface area contributed by atoms with Crippen molar-refractivity contribution in [1.29, 1.82) is 0 Å². The Balaban J connectivity index is 1.68. The molecule has 0 unspecified atom stereocenters. The van der Waals surface area contributed by atoms with E-state index in [0.717, 1.165) is 23.0 Å². The standard InChI is InChI=1S/C23H29NO5/c1-2-27-23-17(7-5-11-25)18(19-14-28-20-8-4-3-6-16(19)20)12-21(29-23)22(26)24-13-15-9-10-15/h3-4,6,8,12,14-15,17-18,23,25H,2,5,7,9-11,13H2,1H3,(H,24,26)/t17-,18-,23+/m0/s1. The summed E-state index contributed by atoms with van der Waals surface area (Å²) in [5.41, 5.74) is 1.83. The summed E-state index contributed by atoms with van der Waals surface area (Å²) >= 11 is 0. The summed E-state index contributed by atoms with van der Waals surface area (Å²) in [6, 6.07) is 7.89. The number of aliphatic hydroxyl groups excluding tert-OH is 1. The second kappa shape index (κ2) is 9.01. The predicted molar refractivity (Wildman–Crippen MR) is 109 cm³/mol. The maximum atomic E-state index is 12.8. The molecule has 2 aliphatic rings. The van der Waals surface area contributed by atoms with Crippen LogP contribution in [0.5, 0.6) is 0 Å². The summed E-state index contributed by atoms with van der Waals surface area (Å²) in [5.74, 6) is 0.580. The molecule has 1 aromatic heterocycles. The Hall–Kier alpha value is -2.31. The van der Waals surface area contributed by atoms with Crippen LogP contribution in [0.15, 0.2) is 46.8 Å². The van der Waals surface area contributed by atoms with E-state index in [1.54, 1.807) is 6.26 Å². The third-order valence-electron chi connectivity index (χ3n) is 5.75. The molecule has 4 rings (SSSR count). The number of rotatable bonds is 9. The van der Waals surface area contributed by atoms with Crippen LogP contribution in [0.25, 0.3) is 11.0 Å². The van der Waals surface area contributed by atoms with E-state index in [9.17, 15) is 9.90 Å². The van der Waals surface area contributed by atoms with E-state index in [0.29, 0.717) is 31.2 Å². The molecule has 0 spiro atoms. The molecule has 1 fully saturated rings. The quantitative estimate of drug-likeness (QED) is 0.672. The Morgan fingerprint density at radius 3 is 2.90 bits per heavy atom. The van der Waals surface area contributed by atoms with Crippen molar-refractivity contribution in [3.05, 3.63) is 47.9 Å². The SMILES string of the molecule is CCO[C@@H]1OC(C(=O)NCC2CC2)=C[C@H](c2coc3ccccc23)[C@@H]1CCCO. The van der Waals surface area contributed by atoms with Gasteiger partial charge in [0.25, 0.3) is 5.91 Å². The van der Waals surface area contributed by atoms with Crippen molar-refractivity contribution < 1.29 is 23.8 Å². The summed E-state index contributed by atoms with van der Waals surface area (Å²) < 4.78 is 17.7. The molecule has 2 N–H and O–H groups in total. The zero-order valence-corrected chi connectivity index (χ0v) is 16.8. The average molecular weight is 399 g/mol. The zero-order chi connectivity index (χ0) is 20.2. The number of aliphatic hydroxyl groups is 1. The molecule has 1 aliphatic heterocycles. The number of furan rings is 1. The maximum absolute atomic E-state index is 12.8. The summed E-state index contributed by atoms with van der Waals surface area (Å²) in [4.78, 5) is 12.8.